The van der Waals surface area contributed by atoms with E-state index >= 15 is 0 Å². The summed E-state index contributed by atoms with van der Waals surface area (Å²) in [4.78, 5) is 0. The Labute approximate surface area is 109 Å². The molecule has 0 radical (unpaired) electrons. The summed E-state index contributed by atoms with van der Waals surface area (Å²) < 4.78 is 0. The van der Waals surface area contributed by atoms with Crippen molar-refractivity contribution in [2.24, 2.45) is 0 Å². The molecular formula is C14H14Cl2. The van der Waals surface area contributed by atoms with Gasteiger partial charge in [-0.2, -0.15) is 0 Å². The molecule has 2 heteroatoms. The second kappa shape index (κ2) is 7.98. The highest BCUT2D eigenvalue weighted by Gasteiger charge is 1.84. The first-order chi connectivity index (χ1) is 6.95. The molecule has 2 rings (SSSR count). The summed E-state index contributed by atoms with van der Waals surface area (Å²) in [7, 11) is 0. The molecule has 0 saturated carbocycles. The Hall–Kier alpha value is -1.24. The van der Waals surface area contributed by atoms with Crippen molar-refractivity contribution in [3.63, 3.8) is 0 Å². The van der Waals surface area contributed by atoms with Crippen LogP contribution in [0.1, 0.15) is 11.1 Å². The maximum Gasteiger partial charge on any atom is -0.0256 e. The average Bonchev–Trinajstić information content (AvgIpc) is 2.29. The Morgan fingerprint density at radius 1 is 0.500 bits per heavy atom. The first-order valence-electron chi connectivity index (χ1n) is 4.73. The fourth-order valence-corrected chi connectivity index (χ4v) is 1.32. The lowest BCUT2D eigenvalue weighted by Gasteiger charge is -1.92. The molecule has 0 fully saturated rings. The van der Waals surface area contributed by atoms with Gasteiger partial charge in [0.1, 0.15) is 0 Å². The Bertz CT molecular complexity index is 366. The van der Waals surface area contributed by atoms with Crippen molar-refractivity contribution in [1.29, 1.82) is 0 Å². The summed E-state index contributed by atoms with van der Waals surface area (Å²) in [5, 5.41) is 0. The SMILES string of the molecule is C(=Cc1ccccc1)c1ccccc1.Cl.Cl. The molecule has 2 aromatic rings. The van der Waals surface area contributed by atoms with Crippen LogP contribution in [0.2, 0.25) is 0 Å². The zero-order chi connectivity index (χ0) is 9.64. The zero-order valence-corrected chi connectivity index (χ0v) is 10.4. The molecule has 0 atom stereocenters. The molecular weight excluding hydrogens is 239 g/mol. The summed E-state index contributed by atoms with van der Waals surface area (Å²) >= 11 is 0. The summed E-state index contributed by atoms with van der Waals surface area (Å²) in [6, 6.07) is 20.6. The molecule has 0 N–H and O–H groups in total. The van der Waals surface area contributed by atoms with E-state index in [9.17, 15) is 0 Å². The minimum Gasteiger partial charge on any atom is -0.147 e. The highest BCUT2D eigenvalue weighted by Crippen LogP contribution is 2.06. The van der Waals surface area contributed by atoms with Gasteiger partial charge in [-0.25, -0.2) is 0 Å². The standard InChI is InChI=1S/C14H12.2ClH/c1-3-7-13(8-4-1)11-12-14-9-5-2-6-10-14;;/h1-12H;2*1H. The molecule has 16 heavy (non-hydrogen) atoms. The molecule has 0 saturated heterocycles. The van der Waals surface area contributed by atoms with Gasteiger partial charge < -0.3 is 0 Å². The van der Waals surface area contributed by atoms with E-state index in [1.807, 2.05) is 36.4 Å². The molecule has 0 aromatic heterocycles. The van der Waals surface area contributed by atoms with Crippen LogP contribution < -0.4 is 0 Å². The van der Waals surface area contributed by atoms with Crippen LogP contribution in [-0.2, 0) is 0 Å². The van der Waals surface area contributed by atoms with Crippen LogP contribution in [0.4, 0.5) is 0 Å². The molecule has 0 unspecified atom stereocenters. The van der Waals surface area contributed by atoms with Crippen LogP contribution in [0.15, 0.2) is 60.7 Å². The molecule has 0 amide bonds. The van der Waals surface area contributed by atoms with Crippen molar-refractivity contribution in [1.82, 2.24) is 0 Å². The molecule has 0 aliphatic heterocycles. The Morgan fingerprint density at radius 3 is 1.12 bits per heavy atom. The van der Waals surface area contributed by atoms with Crippen LogP contribution in [0.5, 0.6) is 0 Å². The van der Waals surface area contributed by atoms with E-state index in [0.717, 1.165) is 0 Å². The van der Waals surface area contributed by atoms with Crippen molar-refractivity contribution in [2.45, 2.75) is 0 Å². The van der Waals surface area contributed by atoms with E-state index in [-0.39, 0.29) is 24.8 Å². The lowest BCUT2D eigenvalue weighted by atomic mass is 10.1. The van der Waals surface area contributed by atoms with Crippen molar-refractivity contribution in [3.8, 4) is 0 Å². The van der Waals surface area contributed by atoms with Crippen molar-refractivity contribution in [3.05, 3.63) is 71.8 Å². The second-order valence-electron chi connectivity index (χ2n) is 3.15. The maximum atomic E-state index is 2.12. The van der Waals surface area contributed by atoms with Gasteiger partial charge in [0.2, 0.25) is 0 Å². The van der Waals surface area contributed by atoms with Gasteiger partial charge in [-0.3, -0.25) is 0 Å². The second-order valence-corrected chi connectivity index (χ2v) is 3.15. The van der Waals surface area contributed by atoms with Crippen molar-refractivity contribution < 1.29 is 0 Å². The van der Waals surface area contributed by atoms with Gasteiger partial charge >= 0.3 is 0 Å². The van der Waals surface area contributed by atoms with E-state index in [2.05, 4.69) is 36.4 Å². The fourth-order valence-electron chi connectivity index (χ4n) is 1.32. The Balaban J connectivity index is 0.00000112. The van der Waals surface area contributed by atoms with Crippen molar-refractivity contribution >= 4 is 37.0 Å². The molecule has 0 heterocycles. The number of hydrogen-bond acceptors (Lipinski definition) is 0. The lowest BCUT2D eigenvalue weighted by Crippen LogP contribution is -1.70. The third-order valence-corrected chi connectivity index (χ3v) is 2.07. The monoisotopic (exact) mass is 252 g/mol. The first kappa shape index (κ1) is 14.8. The van der Waals surface area contributed by atoms with E-state index < -0.39 is 0 Å². The molecule has 2 aromatic carbocycles. The predicted molar refractivity (Wildman–Crippen MR) is 76.3 cm³/mol. The van der Waals surface area contributed by atoms with Crippen LogP contribution in [0.3, 0.4) is 0 Å². The zero-order valence-electron chi connectivity index (χ0n) is 8.74. The Kier molecular flexibility index (Phi) is 7.36. The number of halogens is 2. The van der Waals surface area contributed by atoms with Gasteiger partial charge in [0, 0.05) is 0 Å². The normalized spacial score (nSPS) is 9.25. The van der Waals surface area contributed by atoms with Gasteiger partial charge in [0.25, 0.3) is 0 Å². The van der Waals surface area contributed by atoms with Gasteiger partial charge in [0.15, 0.2) is 0 Å². The van der Waals surface area contributed by atoms with Gasteiger partial charge in [-0.1, -0.05) is 72.8 Å². The van der Waals surface area contributed by atoms with Gasteiger partial charge in [-0.15, -0.1) is 24.8 Å². The summed E-state index contributed by atoms with van der Waals surface area (Å²) in [5.41, 5.74) is 2.47. The number of rotatable bonds is 2. The van der Waals surface area contributed by atoms with Crippen LogP contribution >= 0.6 is 24.8 Å². The molecule has 0 aliphatic rings. The average molecular weight is 253 g/mol. The number of hydrogen-bond donors (Lipinski definition) is 0. The van der Waals surface area contributed by atoms with Crippen LogP contribution in [0, 0.1) is 0 Å². The third-order valence-electron chi connectivity index (χ3n) is 2.07. The van der Waals surface area contributed by atoms with Gasteiger partial charge in [0.05, 0.1) is 0 Å². The molecule has 0 nitrogen and oxygen atoms in total. The maximum absolute atomic E-state index is 2.12. The molecule has 0 bridgehead atoms. The summed E-state index contributed by atoms with van der Waals surface area (Å²) in [5.74, 6) is 0. The van der Waals surface area contributed by atoms with E-state index in [4.69, 9.17) is 0 Å². The van der Waals surface area contributed by atoms with Crippen molar-refractivity contribution in [2.75, 3.05) is 0 Å². The molecule has 84 valence electrons. The van der Waals surface area contributed by atoms with Gasteiger partial charge in [-0.05, 0) is 11.1 Å². The Morgan fingerprint density at radius 2 is 0.812 bits per heavy atom. The quantitative estimate of drug-likeness (QED) is 0.680. The summed E-state index contributed by atoms with van der Waals surface area (Å²) in [6.07, 6.45) is 4.24. The van der Waals surface area contributed by atoms with Crippen LogP contribution in [0.25, 0.3) is 12.2 Å². The minimum atomic E-state index is 0. The third kappa shape index (κ3) is 4.52. The predicted octanol–water partition coefficient (Wildman–Crippen LogP) is 4.70. The largest absolute Gasteiger partial charge is 0.147 e. The number of benzene rings is 2. The summed E-state index contributed by atoms with van der Waals surface area (Å²) in [6.45, 7) is 0. The molecule has 0 spiro atoms. The smallest absolute Gasteiger partial charge is 0.0256 e. The highest BCUT2D eigenvalue weighted by molar-refractivity contribution is 5.85. The minimum absolute atomic E-state index is 0. The first-order valence-corrected chi connectivity index (χ1v) is 4.73. The van der Waals surface area contributed by atoms with E-state index in [0.29, 0.717) is 0 Å². The lowest BCUT2D eigenvalue weighted by molar-refractivity contribution is 1.65. The van der Waals surface area contributed by atoms with E-state index in [1.165, 1.54) is 11.1 Å². The fraction of sp³-hybridized carbons (Fsp3) is 0. The molecule has 0 aliphatic carbocycles. The highest BCUT2D eigenvalue weighted by atomic mass is 35.5. The van der Waals surface area contributed by atoms with Crippen LogP contribution in [-0.4, -0.2) is 0 Å². The topological polar surface area (TPSA) is 0 Å². The van der Waals surface area contributed by atoms with E-state index in [1.54, 1.807) is 0 Å².